The molecule has 36 heavy (non-hydrogen) atoms. The molecular formula is C27H32FN5O3. The molecule has 2 aliphatic rings. The molecule has 0 bridgehead atoms. The Morgan fingerprint density at radius 3 is 2.61 bits per heavy atom. The molecule has 1 amide bonds. The third-order valence-electron chi connectivity index (χ3n) is 6.62. The Labute approximate surface area is 210 Å². The van der Waals surface area contributed by atoms with E-state index in [0.29, 0.717) is 18.7 Å². The molecule has 8 nitrogen and oxygen atoms in total. The van der Waals surface area contributed by atoms with Crippen molar-refractivity contribution in [3.8, 4) is 11.6 Å². The minimum atomic E-state index is -0.606. The van der Waals surface area contributed by atoms with Crippen molar-refractivity contribution in [2.45, 2.75) is 83.0 Å². The Kier molecular flexibility index (Phi) is 6.64. The number of hydrogen-bond donors (Lipinski definition) is 1. The summed E-state index contributed by atoms with van der Waals surface area (Å²) in [6, 6.07) is 10.2. The van der Waals surface area contributed by atoms with E-state index in [0.717, 1.165) is 48.6 Å². The van der Waals surface area contributed by atoms with Crippen LogP contribution in [-0.2, 0) is 17.6 Å². The van der Waals surface area contributed by atoms with Gasteiger partial charge in [-0.25, -0.2) is 14.2 Å². The zero-order chi connectivity index (χ0) is 25.3. The van der Waals surface area contributed by atoms with Crippen LogP contribution >= 0.6 is 0 Å². The smallest absolute Gasteiger partial charge is 0.407 e. The number of aromatic nitrogens is 4. The van der Waals surface area contributed by atoms with Crippen molar-refractivity contribution >= 4 is 6.09 Å². The van der Waals surface area contributed by atoms with Crippen molar-refractivity contribution in [1.82, 2.24) is 25.1 Å². The third kappa shape index (κ3) is 5.50. The van der Waals surface area contributed by atoms with E-state index >= 15 is 0 Å². The van der Waals surface area contributed by atoms with E-state index in [9.17, 15) is 9.18 Å². The number of halogens is 1. The Morgan fingerprint density at radius 1 is 1.08 bits per heavy atom. The number of ether oxygens (including phenoxy) is 2. The quantitative estimate of drug-likeness (QED) is 0.556. The Balaban J connectivity index is 1.36. The van der Waals surface area contributed by atoms with Gasteiger partial charge < -0.3 is 14.8 Å². The van der Waals surface area contributed by atoms with Gasteiger partial charge in [0.05, 0.1) is 5.69 Å². The van der Waals surface area contributed by atoms with Gasteiger partial charge in [0.1, 0.15) is 29.2 Å². The van der Waals surface area contributed by atoms with Crippen LogP contribution in [0.4, 0.5) is 9.18 Å². The molecule has 2 aromatic heterocycles. The Morgan fingerprint density at radius 2 is 1.89 bits per heavy atom. The van der Waals surface area contributed by atoms with E-state index in [1.54, 1.807) is 12.3 Å². The molecule has 3 heterocycles. The first-order valence-corrected chi connectivity index (χ1v) is 12.6. The predicted molar refractivity (Wildman–Crippen MR) is 132 cm³/mol. The molecule has 190 valence electrons. The van der Waals surface area contributed by atoms with Crippen LogP contribution in [0.5, 0.6) is 5.88 Å². The first kappa shape index (κ1) is 24.2. The van der Waals surface area contributed by atoms with Crippen LogP contribution in [-0.4, -0.2) is 43.6 Å². The number of fused-ring (bicyclic) bond motifs is 3. The summed E-state index contributed by atoms with van der Waals surface area (Å²) in [5.74, 6) is 2.19. The number of nitrogens with zero attached hydrogens (tertiary/aromatic N) is 4. The standard InChI is InChI=1S/C27H32FN5O3/c1-27(2,3)36-26(34)30-20-15-18-14-19(28)9-12-22(18)33-23(16-20)31-32-25(33)17-7-10-21(11-8-17)35-24-6-4-5-13-29-24/h4-6,9,12-14,17,20-21H,7-8,10-11,15-16H2,1-3H3,(H,30,34). The lowest BCUT2D eigenvalue weighted by Crippen LogP contribution is -2.41. The largest absolute Gasteiger partial charge is 0.474 e. The maximum Gasteiger partial charge on any atom is 0.407 e. The topological polar surface area (TPSA) is 91.2 Å². The highest BCUT2D eigenvalue weighted by atomic mass is 19.1. The number of nitrogens with one attached hydrogen (secondary N) is 1. The number of amides is 1. The van der Waals surface area contributed by atoms with Gasteiger partial charge >= 0.3 is 6.09 Å². The molecule has 1 atom stereocenters. The van der Waals surface area contributed by atoms with Crippen LogP contribution in [0.25, 0.3) is 5.69 Å². The van der Waals surface area contributed by atoms with E-state index in [-0.39, 0.29) is 23.9 Å². The van der Waals surface area contributed by atoms with E-state index in [4.69, 9.17) is 9.47 Å². The number of hydrogen-bond acceptors (Lipinski definition) is 6. The lowest BCUT2D eigenvalue weighted by Gasteiger charge is -2.28. The minimum absolute atomic E-state index is 0.117. The lowest BCUT2D eigenvalue weighted by atomic mass is 9.86. The molecule has 0 spiro atoms. The molecule has 9 heteroatoms. The summed E-state index contributed by atoms with van der Waals surface area (Å²) in [5.41, 5.74) is 1.07. The van der Waals surface area contributed by atoms with Gasteiger partial charge in [0.25, 0.3) is 0 Å². The zero-order valence-electron chi connectivity index (χ0n) is 20.9. The molecular weight excluding hydrogens is 461 g/mol. The van der Waals surface area contributed by atoms with Gasteiger partial charge in [0.2, 0.25) is 5.88 Å². The average molecular weight is 494 g/mol. The number of benzene rings is 1. The molecule has 1 fully saturated rings. The number of pyridine rings is 1. The van der Waals surface area contributed by atoms with Crippen LogP contribution in [0.3, 0.4) is 0 Å². The van der Waals surface area contributed by atoms with Gasteiger partial charge in [0, 0.05) is 30.6 Å². The second-order valence-electron chi connectivity index (χ2n) is 10.6. The molecule has 1 aliphatic carbocycles. The van der Waals surface area contributed by atoms with Crippen molar-refractivity contribution in [3.05, 3.63) is 65.6 Å². The number of rotatable bonds is 4. The fraction of sp³-hybridized carbons (Fsp3) is 0.481. The second kappa shape index (κ2) is 9.87. The average Bonchev–Trinajstić information content (AvgIpc) is 3.15. The van der Waals surface area contributed by atoms with Crippen molar-refractivity contribution in [2.75, 3.05) is 0 Å². The number of carbonyl (C=O) groups is 1. The van der Waals surface area contributed by atoms with Crippen LogP contribution in [0.1, 0.15) is 69.6 Å². The molecule has 0 radical (unpaired) electrons. The van der Waals surface area contributed by atoms with Crippen molar-refractivity contribution in [1.29, 1.82) is 0 Å². The third-order valence-corrected chi connectivity index (χ3v) is 6.62. The Hall–Kier alpha value is -3.49. The van der Waals surface area contributed by atoms with Gasteiger partial charge in [-0.15, -0.1) is 10.2 Å². The van der Waals surface area contributed by atoms with E-state index < -0.39 is 11.7 Å². The normalized spacial score (nSPS) is 21.6. The molecule has 1 unspecified atom stereocenters. The number of carbonyl (C=O) groups excluding carboxylic acids is 1. The van der Waals surface area contributed by atoms with E-state index in [2.05, 4.69) is 25.1 Å². The maximum atomic E-state index is 14.2. The van der Waals surface area contributed by atoms with Gasteiger partial charge in [-0.1, -0.05) is 6.07 Å². The Bertz CT molecular complexity index is 1220. The summed E-state index contributed by atoms with van der Waals surface area (Å²) in [7, 11) is 0. The summed E-state index contributed by atoms with van der Waals surface area (Å²) in [4.78, 5) is 16.7. The second-order valence-corrected chi connectivity index (χ2v) is 10.6. The van der Waals surface area contributed by atoms with Crippen molar-refractivity contribution in [2.24, 2.45) is 0 Å². The number of alkyl carbamates (subject to hydrolysis) is 1. The van der Waals surface area contributed by atoms with Gasteiger partial charge in [0.15, 0.2) is 0 Å². The molecule has 1 N–H and O–H groups in total. The molecule has 5 rings (SSSR count). The van der Waals surface area contributed by atoms with Gasteiger partial charge in [-0.2, -0.15) is 0 Å². The summed E-state index contributed by atoms with van der Waals surface area (Å²) in [6.07, 6.45) is 5.90. The summed E-state index contributed by atoms with van der Waals surface area (Å²) in [6.45, 7) is 5.47. The highest BCUT2D eigenvalue weighted by molar-refractivity contribution is 5.68. The van der Waals surface area contributed by atoms with Crippen LogP contribution in [0, 0.1) is 5.82 Å². The van der Waals surface area contributed by atoms with Crippen molar-refractivity contribution in [3.63, 3.8) is 0 Å². The molecule has 1 aromatic carbocycles. The molecule has 1 aliphatic heterocycles. The predicted octanol–water partition coefficient (Wildman–Crippen LogP) is 4.90. The highest BCUT2D eigenvalue weighted by Crippen LogP contribution is 2.36. The van der Waals surface area contributed by atoms with E-state index in [1.807, 2.05) is 39.0 Å². The van der Waals surface area contributed by atoms with Gasteiger partial charge in [-0.05, 0) is 82.7 Å². The van der Waals surface area contributed by atoms with Crippen molar-refractivity contribution < 1.29 is 18.7 Å². The highest BCUT2D eigenvalue weighted by Gasteiger charge is 2.32. The maximum absolute atomic E-state index is 14.2. The van der Waals surface area contributed by atoms with Crippen LogP contribution in [0.2, 0.25) is 0 Å². The lowest BCUT2D eigenvalue weighted by molar-refractivity contribution is 0.0504. The summed E-state index contributed by atoms with van der Waals surface area (Å²) >= 11 is 0. The first-order chi connectivity index (χ1) is 17.2. The van der Waals surface area contributed by atoms with Crippen LogP contribution in [0.15, 0.2) is 42.6 Å². The monoisotopic (exact) mass is 493 g/mol. The summed E-state index contributed by atoms with van der Waals surface area (Å²) < 4.78 is 27.8. The molecule has 0 saturated heterocycles. The molecule has 3 aromatic rings. The van der Waals surface area contributed by atoms with Gasteiger partial charge in [-0.3, -0.25) is 4.57 Å². The fourth-order valence-electron chi connectivity index (χ4n) is 5.09. The van der Waals surface area contributed by atoms with E-state index in [1.165, 1.54) is 12.1 Å². The zero-order valence-corrected chi connectivity index (χ0v) is 20.9. The fourth-order valence-corrected chi connectivity index (χ4v) is 5.09. The first-order valence-electron chi connectivity index (χ1n) is 12.6. The summed E-state index contributed by atoms with van der Waals surface area (Å²) in [5, 5.41) is 12.1. The minimum Gasteiger partial charge on any atom is -0.474 e. The SMILES string of the molecule is CC(C)(C)OC(=O)NC1Cc2cc(F)ccc2-n2c(nnc2C2CCC(Oc3ccccn3)CC2)C1. The molecule has 1 saturated carbocycles. The van der Waals surface area contributed by atoms with Crippen LogP contribution < -0.4 is 10.1 Å².